The van der Waals surface area contributed by atoms with Gasteiger partial charge in [0.05, 0.1) is 12.6 Å². The lowest BCUT2D eigenvalue weighted by atomic mass is 9.63. The van der Waals surface area contributed by atoms with Gasteiger partial charge in [-0.2, -0.15) is 18.3 Å². The Bertz CT molecular complexity index is 1090. The molecule has 226 valence electrons. The summed E-state index contributed by atoms with van der Waals surface area (Å²) in [5.41, 5.74) is 1.12. The lowest BCUT2D eigenvalue weighted by Gasteiger charge is -2.48. The quantitative estimate of drug-likeness (QED) is 0.424. The number of aromatic nitrogens is 3. The van der Waals surface area contributed by atoms with Crippen molar-refractivity contribution in [2.75, 3.05) is 32.7 Å². The number of halogens is 4. The molecule has 1 aliphatic carbocycles. The number of amides is 1. The van der Waals surface area contributed by atoms with Crippen LogP contribution in [-0.4, -0.2) is 81.5 Å². The first kappa shape index (κ1) is 30.3. The molecular weight excluding hydrogens is 553 g/mol. The normalized spacial score (nSPS) is 22.1. The summed E-state index contributed by atoms with van der Waals surface area (Å²) in [4.78, 5) is 21.7. The molecule has 1 saturated carbocycles. The number of hydrogen-bond donors (Lipinski definition) is 1. The molecule has 3 heterocycles. The lowest BCUT2D eigenvalue weighted by Crippen LogP contribution is -2.56. The van der Waals surface area contributed by atoms with Gasteiger partial charge in [-0.1, -0.05) is 43.0 Å². The van der Waals surface area contributed by atoms with Crippen LogP contribution in [0.3, 0.4) is 0 Å². The molecule has 3 aliphatic rings. The van der Waals surface area contributed by atoms with Crippen LogP contribution in [0, 0.1) is 11.3 Å². The molecule has 41 heavy (non-hydrogen) atoms. The smallest absolute Gasteiger partial charge is 0.341 e. The molecule has 1 amide bonds. The third kappa shape index (κ3) is 8.23. The molecule has 0 spiro atoms. The number of nitrogens with zero attached hydrogens (tertiary/aromatic N) is 5. The zero-order valence-corrected chi connectivity index (χ0v) is 24.4. The van der Waals surface area contributed by atoms with Gasteiger partial charge in [0.1, 0.15) is 12.7 Å². The summed E-state index contributed by atoms with van der Waals surface area (Å²) in [6, 6.07) is 7.11. The molecule has 1 aromatic heterocycles. The van der Waals surface area contributed by atoms with Gasteiger partial charge in [-0.3, -0.25) is 14.4 Å². The maximum Gasteiger partial charge on any atom is 0.401 e. The Hall–Kier alpha value is -2.17. The van der Waals surface area contributed by atoms with E-state index in [4.69, 9.17) is 11.6 Å². The van der Waals surface area contributed by atoms with Crippen molar-refractivity contribution in [1.82, 2.24) is 29.9 Å². The summed E-state index contributed by atoms with van der Waals surface area (Å²) in [5, 5.41) is 8.62. The Morgan fingerprint density at radius 1 is 1.02 bits per heavy atom. The van der Waals surface area contributed by atoms with Crippen molar-refractivity contribution < 1.29 is 18.0 Å². The van der Waals surface area contributed by atoms with Crippen LogP contribution in [0.15, 0.2) is 36.9 Å². The molecule has 3 fully saturated rings. The predicted molar refractivity (Wildman–Crippen MR) is 152 cm³/mol. The maximum atomic E-state index is 14.1. The first-order valence-electron chi connectivity index (χ1n) is 15.1. The Balaban J connectivity index is 1.26. The number of hydrogen-bond acceptors (Lipinski definition) is 5. The molecule has 7 nitrogen and oxygen atoms in total. The van der Waals surface area contributed by atoms with Crippen molar-refractivity contribution in [3.63, 3.8) is 0 Å². The summed E-state index contributed by atoms with van der Waals surface area (Å²) < 4.78 is 40.6. The Morgan fingerprint density at radius 3 is 2.32 bits per heavy atom. The highest BCUT2D eigenvalue weighted by atomic mass is 35.5. The molecule has 1 N–H and O–H groups in total. The average Bonchev–Trinajstić information content (AvgIpc) is 3.47. The fourth-order valence-electron chi connectivity index (χ4n) is 7.31. The zero-order chi connectivity index (χ0) is 28.9. The summed E-state index contributed by atoms with van der Waals surface area (Å²) in [7, 11) is 0. The van der Waals surface area contributed by atoms with E-state index in [0.29, 0.717) is 56.4 Å². The highest BCUT2D eigenvalue weighted by Gasteiger charge is 2.44. The highest BCUT2D eigenvalue weighted by molar-refractivity contribution is 6.30. The molecule has 2 saturated heterocycles. The van der Waals surface area contributed by atoms with E-state index in [0.717, 1.165) is 24.9 Å². The molecule has 2 aromatic rings. The topological polar surface area (TPSA) is 66.3 Å². The van der Waals surface area contributed by atoms with Crippen molar-refractivity contribution in [2.45, 2.75) is 89.0 Å². The lowest BCUT2D eigenvalue weighted by molar-refractivity contribution is -0.148. The number of likely N-dealkylation sites (tertiary alicyclic amines) is 2. The molecular formula is C30H42ClF3N6O. The van der Waals surface area contributed by atoms with Gasteiger partial charge in [0, 0.05) is 30.7 Å². The Kier molecular flexibility index (Phi) is 9.92. The van der Waals surface area contributed by atoms with Crippen LogP contribution >= 0.6 is 11.6 Å². The minimum atomic E-state index is -4.19. The van der Waals surface area contributed by atoms with Gasteiger partial charge in [-0.25, -0.2) is 4.98 Å². The van der Waals surface area contributed by atoms with Gasteiger partial charge < -0.3 is 10.2 Å². The number of piperidine rings is 2. The van der Waals surface area contributed by atoms with Crippen LogP contribution < -0.4 is 5.32 Å². The molecule has 0 radical (unpaired) electrons. The molecule has 11 heteroatoms. The number of nitrogens with one attached hydrogen (secondary N) is 1. The summed E-state index contributed by atoms with van der Waals surface area (Å²) in [6.07, 6.45) is 9.06. The van der Waals surface area contributed by atoms with Crippen LogP contribution in [0.1, 0.15) is 63.4 Å². The van der Waals surface area contributed by atoms with Crippen LogP contribution in [0.25, 0.3) is 0 Å². The van der Waals surface area contributed by atoms with Crippen LogP contribution in [0.4, 0.5) is 13.2 Å². The van der Waals surface area contributed by atoms with Gasteiger partial charge >= 0.3 is 6.18 Å². The summed E-state index contributed by atoms with van der Waals surface area (Å²) >= 11 is 6.10. The van der Waals surface area contributed by atoms with Crippen molar-refractivity contribution in [3.8, 4) is 0 Å². The first-order chi connectivity index (χ1) is 19.7. The van der Waals surface area contributed by atoms with Crippen LogP contribution in [0.2, 0.25) is 5.02 Å². The van der Waals surface area contributed by atoms with E-state index in [1.807, 2.05) is 33.8 Å². The Labute approximate surface area is 245 Å². The van der Waals surface area contributed by atoms with E-state index in [9.17, 15) is 18.0 Å². The van der Waals surface area contributed by atoms with Gasteiger partial charge in [0.15, 0.2) is 0 Å². The first-order valence-corrected chi connectivity index (χ1v) is 15.5. The number of carbonyl (C=O) groups is 1. The van der Waals surface area contributed by atoms with Gasteiger partial charge in [0.2, 0.25) is 5.91 Å². The number of benzene rings is 1. The number of rotatable bonds is 9. The summed E-state index contributed by atoms with van der Waals surface area (Å²) in [6.45, 7) is 2.10. The van der Waals surface area contributed by atoms with Crippen molar-refractivity contribution in [2.24, 2.45) is 11.3 Å². The minimum absolute atomic E-state index is 0.000769. The zero-order valence-electron chi connectivity index (χ0n) is 23.7. The molecule has 1 aromatic carbocycles. The molecule has 0 bridgehead atoms. The van der Waals surface area contributed by atoms with E-state index >= 15 is 0 Å². The number of carbonyl (C=O) groups excluding carboxylic acids is 1. The Morgan fingerprint density at radius 2 is 1.71 bits per heavy atom. The summed E-state index contributed by atoms with van der Waals surface area (Å²) in [5.74, 6) is 0.707. The van der Waals surface area contributed by atoms with E-state index in [1.165, 1.54) is 37.0 Å². The van der Waals surface area contributed by atoms with Crippen LogP contribution in [-0.2, 0) is 17.8 Å². The van der Waals surface area contributed by atoms with E-state index in [2.05, 4.69) is 15.4 Å². The van der Waals surface area contributed by atoms with Crippen LogP contribution in [0.5, 0.6) is 0 Å². The third-order valence-electron chi connectivity index (χ3n) is 9.56. The molecule has 1 atom stereocenters. The predicted octanol–water partition coefficient (Wildman–Crippen LogP) is 5.35. The second-order valence-electron chi connectivity index (χ2n) is 12.3. The molecule has 2 aliphatic heterocycles. The minimum Gasteiger partial charge on any atom is -0.341 e. The van der Waals surface area contributed by atoms with Gasteiger partial charge in [-0.15, -0.1) is 0 Å². The standard InChI is InChI=1S/C30H42ClF3N6O/c31-25-8-6-23(7-9-25)18-27(37-26-10-14-38(15-11-26)20-30(32,33)34)28(41)39-16-12-29(13-17-39,19-40-22-35-21-36-40)24-4-2-1-3-5-24/h6-9,21-22,24,26-27,37H,1-5,10-20H2/t27-/m1/s1. The van der Waals surface area contributed by atoms with Gasteiger partial charge in [0.25, 0.3) is 0 Å². The van der Waals surface area contributed by atoms with Crippen molar-refractivity contribution >= 4 is 17.5 Å². The third-order valence-corrected chi connectivity index (χ3v) is 9.82. The fraction of sp³-hybridized carbons (Fsp3) is 0.700. The van der Waals surface area contributed by atoms with Crippen molar-refractivity contribution in [3.05, 3.63) is 47.5 Å². The van der Waals surface area contributed by atoms with E-state index < -0.39 is 18.8 Å². The fourth-order valence-corrected chi connectivity index (χ4v) is 7.44. The SMILES string of the molecule is O=C([C@@H](Cc1ccc(Cl)cc1)NC1CCN(CC(F)(F)F)CC1)N1CCC(Cn2cncn2)(C2CCCCC2)CC1. The van der Waals surface area contributed by atoms with E-state index in [-0.39, 0.29) is 17.4 Å². The second kappa shape index (κ2) is 13.4. The highest BCUT2D eigenvalue weighted by Crippen LogP contribution is 2.47. The second-order valence-corrected chi connectivity index (χ2v) is 12.8. The largest absolute Gasteiger partial charge is 0.401 e. The van der Waals surface area contributed by atoms with Gasteiger partial charge in [-0.05, 0) is 87.1 Å². The molecule has 0 unspecified atom stereocenters. The molecule has 5 rings (SSSR count). The van der Waals surface area contributed by atoms with Crippen molar-refractivity contribution in [1.29, 1.82) is 0 Å². The van der Waals surface area contributed by atoms with E-state index in [1.54, 1.807) is 12.7 Å². The maximum absolute atomic E-state index is 14.1. The number of alkyl halides is 3. The monoisotopic (exact) mass is 594 g/mol. The average molecular weight is 595 g/mol.